The van der Waals surface area contributed by atoms with Crippen molar-refractivity contribution in [2.45, 2.75) is 0 Å². The second kappa shape index (κ2) is 27.8. The van der Waals surface area contributed by atoms with Crippen LogP contribution in [0, 0.1) is 0 Å². The summed E-state index contributed by atoms with van der Waals surface area (Å²) in [5.41, 5.74) is 22.5. The van der Waals surface area contributed by atoms with Gasteiger partial charge in [0, 0.05) is 44.8 Å². The van der Waals surface area contributed by atoms with Crippen molar-refractivity contribution in [1.82, 2.24) is 39.9 Å². The standard InChI is InChI=1S/C112H64N8.Pd/c1-9-33-65(34-10-1)97-73-49-25-26-50-74(73)98(66-35-11-2-12-36-66)82-58-90-89(57-81(82)97)105-113-106(90)118-108-93-61-85-86(102(70-43-19-6-20-44-70)78-54-30-29-53-77(78)101(85)69-41-17-5-18-42-69)62-94(93)110(115-108)120-112-96-64-88-87(103(71-45-21-7-22-46-71)79-55-31-32-56-80(79)104(88)72-47-23-8-24-48-72)63-95(96)111(116-112)119-109-92-60-84-83(59-91(92)107(114-109)117-105)99(67-37-13-3-14-38-67)75-51-27-28-52-76(75)100(84)68-39-15-4-16-40-68;/h1-64H;/q-2;+2. The number of aromatic nitrogens is 8. The molecule has 20 aromatic carbocycles. The Bertz CT molecular complexity index is 7490. The molecule has 8 bridgehead atoms. The molecule has 3 aromatic heterocycles. The molecular weight excluding hydrogens is 1560 g/mol. The van der Waals surface area contributed by atoms with Crippen molar-refractivity contribution in [2.24, 2.45) is 0 Å². The second-order valence-electron chi connectivity index (χ2n) is 31.4. The summed E-state index contributed by atoms with van der Waals surface area (Å²) in [6.07, 6.45) is 0. The van der Waals surface area contributed by atoms with E-state index in [-0.39, 0.29) is 20.4 Å². The van der Waals surface area contributed by atoms with Crippen molar-refractivity contribution >= 4 is 130 Å². The van der Waals surface area contributed by atoms with E-state index in [9.17, 15) is 0 Å². The van der Waals surface area contributed by atoms with Crippen molar-refractivity contribution in [3.05, 3.63) is 388 Å². The second-order valence-corrected chi connectivity index (χ2v) is 31.4. The van der Waals surface area contributed by atoms with Gasteiger partial charge in [-0.05, 0) is 245 Å². The zero-order valence-corrected chi connectivity index (χ0v) is 66.4. The van der Waals surface area contributed by atoms with Crippen LogP contribution in [0.5, 0.6) is 0 Å². The predicted octanol–water partition coefficient (Wildman–Crippen LogP) is 28.7. The average molecular weight is 1630 g/mol. The number of rotatable bonds is 8. The van der Waals surface area contributed by atoms with Gasteiger partial charge in [-0.15, -0.1) is 0 Å². The van der Waals surface area contributed by atoms with Gasteiger partial charge < -0.3 is 29.9 Å². The summed E-state index contributed by atoms with van der Waals surface area (Å²) in [7, 11) is 0. The first-order chi connectivity index (χ1) is 59.5. The molecule has 121 heavy (non-hydrogen) atoms. The minimum Gasteiger partial charge on any atom is -0.357 e. The summed E-state index contributed by atoms with van der Waals surface area (Å²) in [5, 5.41) is 20.5. The van der Waals surface area contributed by atoms with E-state index in [4.69, 9.17) is 39.9 Å². The first-order valence-electron chi connectivity index (χ1n) is 40.8. The SMILES string of the molecule is [Pd+2].c1ccc(-c2c3ccccc3c(-c3ccccc3)c3cc4c(cc23)-c2nc-4nc3[n-]c(nc4nc(nc5[n-]c(n2)c2cc6c(-c7ccccc7)c7ccccc7c(-c7ccccc7)c6cc52)-c2cc5c(-c6ccccc6)c6ccccc6c(-c6ccccc6)c5cc2-4)c2cc4c(-c5ccccc5)c5ccccc5c(-c5ccccc5)c4cc32)cc1. The predicted molar refractivity (Wildman–Crippen MR) is 498 cm³/mol. The van der Waals surface area contributed by atoms with E-state index in [1.54, 1.807) is 0 Å². The molecule has 0 saturated carbocycles. The topological polar surface area (TPSA) is 106 Å². The number of nitrogens with zero attached hydrogens (tertiary/aromatic N) is 8. The molecule has 0 amide bonds. The molecule has 25 rings (SSSR count). The number of benzene rings is 20. The maximum absolute atomic E-state index is 5.96. The molecule has 562 valence electrons. The molecule has 0 unspecified atom stereocenters. The molecule has 0 atom stereocenters. The van der Waals surface area contributed by atoms with Gasteiger partial charge in [-0.3, -0.25) is 0 Å². The molecular formula is C112H64N8Pd. The quantitative estimate of drug-likeness (QED) is 0.109. The van der Waals surface area contributed by atoms with E-state index in [1.165, 1.54) is 0 Å². The zero-order valence-electron chi connectivity index (χ0n) is 64.8. The van der Waals surface area contributed by atoms with Gasteiger partial charge >= 0.3 is 20.4 Å². The normalized spacial score (nSPS) is 11.9. The minimum absolute atomic E-state index is 0. The van der Waals surface area contributed by atoms with E-state index in [0.29, 0.717) is 45.9 Å². The first kappa shape index (κ1) is 69.8. The van der Waals surface area contributed by atoms with E-state index in [1.807, 2.05) is 0 Å². The van der Waals surface area contributed by atoms with Crippen LogP contribution in [-0.4, -0.2) is 29.9 Å². The Hall–Kier alpha value is -15.5. The summed E-state index contributed by atoms with van der Waals surface area (Å²) in [6, 6.07) is 140. The summed E-state index contributed by atoms with van der Waals surface area (Å²) in [6.45, 7) is 0. The van der Waals surface area contributed by atoms with Crippen LogP contribution in [0.25, 0.3) is 265 Å². The Balaban J connectivity index is 0.00000829. The van der Waals surface area contributed by atoms with Crippen LogP contribution < -0.4 is 9.97 Å². The third-order valence-corrected chi connectivity index (χ3v) is 24.8. The van der Waals surface area contributed by atoms with Crippen LogP contribution in [0.2, 0.25) is 0 Å². The van der Waals surface area contributed by atoms with Crippen molar-refractivity contribution in [1.29, 1.82) is 0 Å². The minimum atomic E-state index is 0. The zero-order chi connectivity index (χ0) is 78.6. The van der Waals surface area contributed by atoms with Gasteiger partial charge in [0.05, 0.1) is 23.3 Å². The van der Waals surface area contributed by atoms with Gasteiger partial charge in [-0.2, -0.15) is 0 Å². The number of fused-ring (bicyclic) bond motifs is 28. The Morgan fingerprint density at radius 1 is 0.132 bits per heavy atom. The van der Waals surface area contributed by atoms with Gasteiger partial charge in [0.15, 0.2) is 0 Å². The molecule has 23 aromatic rings. The molecule has 0 fully saturated rings. The van der Waals surface area contributed by atoms with Gasteiger partial charge in [-0.25, -0.2) is 9.97 Å². The largest absolute Gasteiger partial charge is 2.00 e. The van der Waals surface area contributed by atoms with Crippen LogP contribution in [0.15, 0.2) is 388 Å². The van der Waals surface area contributed by atoms with E-state index >= 15 is 0 Å². The van der Waals surface area contributed by atoms with Gasteiger partial charge in [0.1, 0.15) is 0 Å². The van der Waals surface area contributed by atoms with Crippen LogP contribution in [0.4, 0.5) is 0 Å². The van der Waals surface area contributed by atoms with Gasteiger partial charge in [0.2, 0.25) is 0 Å². The van der Waals surface area contributed by atoms with E-state index in [2.05, 4.69) is 388 Å². The van der Waals surface area contributed by atoms with Crippen LogP contribution in [0.3, 0.4) is 0 Å². The Morgan fingerprint density at radius 2 is 0.273 bits per heavy atom. The van der Waals surface area contributed by atoms with Gasteiger partial charge in [-0.1, -0.05) is 340 Å². The molecule has 0 saturated heterocycles. The van der Waals surface area contributed by atoms with Crippen LogP contribution in [-0.2, 0) is 20.4 Å². The van der Waals surface area contributed by atoms with Gasteiger partial charge in [0.25, 0.3) is 0 Å². The van der Waals surface area contributed by atoms with Crippen molar-refractivity contribution in [2.75, 3.05) is 0 Å². The molecule has 5 heterocycles. The molecule has 2 aliphatic heterocycles. The van der Waals surface area contributed by atoms with Crippen LogP contribution in [0.1, 0.15) is 0 Å². The fourth-order valence-electron chi connectivity index (χ4n) is 19.7. The number of hydrogen-bond acceptors (Lipinski definition) is 6. The summed E-state index contributed by atoms with van der Waals surface area (Å²) < 4.78 is 0. The fraction of sp³-hybridized carbons (Fsp3) is 0. The summed E-state index contributed by atoms with van der Waals surface area (Å²) in [4.78, 5) is 47.2. The van der Waals surface area contributed by atoms with E-state index in [0.717, 1.165) is 219 Å². The molecule has 9 heteroatoms. The Morgan fingerprint density at radius 3 is 0.430 bits per heavy atom. The van der Waals surface area contributed by atoms with Crippen molar-refractivity contribution in [3.63, 3.8) is 0 Å². The van der Waals surface area contributed by atoms with Crippen molar-refractivity contribution < 1.29 is 20.4 Å². The van der Waals surface area contributed by atoms with Crippen molar-refractivity contribution in [3.8, 4) is 135 Å². The van der Waals surface area contributed by atoms with E-state index < -0.39 is 0 Å². The first-order valence-corrected chi connectivity index (χ1v) is 40.8. The maximum Gasteiger partial charge on any atom is 2.00 e. The molecule has 0 spiro atoms. The Kier molecular flexibility index (Phi) is 16.1. The molecule has 2 aliphatic rings. The fourth-order valence-corrected chi connectivity index (χ4v) is 19.7. The summed E-state index contributed by atoms with van der Waals surface area (Å²) >= 11 is 0. The molecule has 0 N–H and O–H groups in total. The third kappa shape index (κ3) is 11.0. The maximum atomic E-state index is 5.96. The third-order valence-electron chi connectivity index (χ3n) is 24.8. The molecule has 0 radical (unpaired) electrons. The summed E-state index contributed by atoms with van der Waals surface area (Å²) in [5.74, 6) is 1.78. The molecule has 8 nitrogen and oxygen atoms in total. The monoisotopic (exact) mass is 1630 g/mol. The average Bonchev–Trinajstić information content (AvgIpc) is 1.69. The Labute approximate surface area is 708 Å². The smallest absolute Gasteiger partial charge is 0.357 e. The molecule has 0 aliphatic carbocycles. The van der Waals surface area contributed by atoms with Crippen LogP contribution >= 0.6 is 0 Å². The number of hydrogen-bond donors (Lipinski definition) is 0.